The lowest BCUT2D eigenvalue weighted by atomic mass is 9.83. The zero-order valence-electron chi connectivity index (χ0n) is 9.42. The molecule has 2 heteroatoms. The molecule has 0 bridgehead atoms. The molecule has 0 atom stereocenters. The summed E-state index contributed by atoms with van der Waals surface area (Å²) in [6, 6.07) is 0. The van der Waals surface area contributed by atoms with Gasteiger partial charge in [-0.05, 0) is 31.1 Å². The van der Waals surface area contributed by atoms with Gasteiger partial charge in [0.25, 0.3) is 0 Å². The quantitative estimate of drug-likeness (QED) is 0.649. The van der Waals surface area contributed by atoms with Crippen LogP contribution in [0.2, 0.25) is 0 Å². The number of rotatable bonds is 4. The number of esters is 1. The minimum Gasteiger partial charge on any atom is -0.465 e. The Morgan fingerprint density at radius 2 is 1.93 bits per heavy atom. The van der Waals surface area contributed by atoms with E-state index in [-0.39, 0.29) is 5.97 Å². The van der Waals surface area contributed by atoms with Gasteiger partial charge in [0, 0.05) is 6.42 Å². The largest absolute Gasteiger partial charge is 0.465 e. The Bertz CT molecular complexity index is 169. The van der Waals surface area contributed by atoms with Crippen LogP contribution in [0.25, 0.3) is 0 Å². The second-order valence-electron chi connectivity index (χ2n) is 4.56. The Balaban J connectivity index is 2.09. The third-order valence-electron chi connectivity index (χ3n) is 3.07. The highest BCUT2D eigenvalue weighted by Crippen LogP contribution is 2.28. The molecule has 14 heavy (non-hydrogen) atoms. The standard InChI is InChI=1S/C12H22O2/c1-3-4-12(13)14-9-11-7-5-10(2)6-8-11/h10-11H,3-9H2,1-2H3. The predicted octanol–water partition coefficient (Wildman–Crippen LogP) is 3.16. The van der Waals surface area contributed by atoms with E-state index < -0.39 is 0 Å². The van der Waals surface area contributed by atoms with Crippen molar-refractivity contribution in [3.8, 4) is 0 Å². The fourth-order valence-electron chi connectivity index (χ4n) is 1.98. The van der Waals surface area contributed by atoms with E-state index in [0.717, 1.165) is 12.3 Å². The molecule has 82 valence electrons. The van der Waals surface area contributed by atoms with Gasteiger partial charge in [-0.3, -0.25) is 4.79 Å². The van der Waals surface area contributed by atoms with Crippen molar-refractivity contribution in [2.45, 2.75) is 52.4 Å². The second kappa shape index (κ2) is 6.05. The van der Waals surface area contributed by atoms with Gasteiger partial charge in [-0.25, -0.2) is 0 Å². The molecule has 0 radical (unpaired) electrons. The van der Waals surface area contributed by atoms with Gasteiger partial charge in [0.15, 0.2) is 0 Å². The van der Waals surface area contributed by atoms with E-state index in [4.69, 9.17) is 4.74 Å². The van der Waals surface area contributed by atoms with E-state index >= 15 is 0 Å². The monoisotopic (exact) mass is 198 g/mol. The minimum absolute atomic E-state index is 0.0221. The number of carbonyl (C=O) groups is 1. The SMILES string of the molecule is CCCC(=O)OCC1CCC(C)CC1. The van der Waals surface area contributed by atoms with Crippen molar-refractivity contribution in [3.05, 3.63) is 0 Å². The second-order valence-corrected chi connectivity index (χ2v) is 4.56. The van der Waals surface area contributed by atoms with Crippen LogP contribution >= 0.6 is 0 Å². The molecule has 0 amide bonds. The van der Waals surface area contributed by atoms with Crippen molar-refractivity contribution in [2.24, 2.45) is 11.8 Å². The molecule has 0 unspecified atom stereocenters. The molecule has 0 aromatic carbocycles. The van der Waals surface area contributed by atoms with Crippen molar-refractivity contribution in [1.29, 1.82) is 0 Å². The van der Waals surface area contributed by atoms with Crippen molar-refractivity contribution >= 4 is 5.97 Å². The van der Waals surface area contributed by atoms with Crippen LogP contribution in [0.5, 0.6) is 0 Å². The van der Waals surface area contributed by atoms with E-state index in [9.17, 15) is 4.79 Å². The van der Waals surface area contributed by atoms with Gasteiger partial charge in [-0.15, -0.1) is 0 Å². The zero-order chi connectivity index (χ0) is 10.4. The van der Waals surface area contributed by atoms with Crippen LogP contribution in [0.1, 0.15) is 52.4 Å². The van der Waals surface area contributed by atoms with Gasteiger partial charge < -0.3 is 4.74 Å². The lowest BCUT2D eigenvalue weighted by molar-refractivity contribution is -0.145. The molecule has 1 aliphatic rings. The predicted molar refractivity (Wildman–Crippen MR) is 57.0 cm³/mol. The highest BCUT2D eigenvalue weighted by atomic mass is 16.5. The van der Waals surface area contributed by atoms with Gasteiger partial charge >= 0.3 is 5.97 Å². The molecule has 1 rings (SSSR count). The smallest absolute Gasteiger partial charge is 0.305 e. The van der Waals surface area contributed by atoms with E-state index in [2.05, 4.69) is 6.92 Å². The normalized spacial score (nSPS) is 27.3. The Kier molecular flexibility index (Phi) is 4.99. The summed E-state index contributed by atoms with van der Waals surface area (Å²) in [6.07, 6.45) is 6.54. The highest BCUT2D eigenvalue weighted by Gasteiger charge is 2.19. The Morgan fingerprint density at radius 1 is 1.29 bits per heavy atom. The summed E-state index contributed by atoms with van der Waals surface area (Å²) in [7, 11) is 0. The van der Waals surface area contributed by atoms with E-state index in [1.165, 1.54) is 25.7 Å². The molecule has 0 aromatic rings. The molecule has 1 saturated carbocycles. The highest BCUT2D eigenvalue weighted by molar-refractivity contribution is 5.69. The molecule has 0 aliphatic heterocycles. The summed E-state index contributed by atoms with van der Waals surface area (Å²) in [5.41, 5.74) is 0. The van der Waals surface area contributed by atoms with Gasteiger partial charge in [0.05, 0.1) is 6.61 Å². The molecule has 0 heterocycles. The Hall–Kier alpha value is -0.530. The van der Waals surface area contributed by atoms with Gasteiger partial charge in [0.1, 0.15) is 0 Å². The first-order valence-corrected chi connectivity index (χ1v) is 5.88. The van der Waals surface area contributed by atoms with Crippen LogP contribution in [0, 0.1) is 11.8 Å². The summed E-state index contributed by atoms with van der Waals surface area (Å²) < 4.78 is 5.22. The van der Waals surface area contributed by atoms with Crippen molar-refractivity contribution in [1.82, 2.24) is 0 Å². The van der Waals surface area contributed by atoms with E-state index in [1.54, 1.807) is 0 Å². The van der Waals surface area contributed by atoms with E-state index in [0.29, 0.717) is 18.9 Å². The topological polar surface area (TPSA) is 26.3 Å². The molecular formula is C12H22O2. The van der Waals surface area contributed by atoms with Crippen molar-refractivity contribution in [3.63, 3.8) is 0 Å². The summed E-state index contributed by atoms with van der Waals surface area (Å²) in [5.74, 6) is 1.48. The summed E-state index contributed by atoms with van der Waals surface area (Å²) in [6.45, 7) is 4.97. The first-order valence-electron chi connectivity index (χ1n) is 5.88. The van der Waals surface area contributed by atoms with Crippen LogP contribution < -0.4 is 0 Å². The van der Waals surface area contributed by atoms with E-state index in [1.807, 2.05) is 6.92 Å². The maximum Gasteiger partial charge on any atom is 0.305 e. The summed E-state index contributed by atoms with van der Waals surface area (Å²) in [5, 5.41) is 0. The molecule has 1 aliphatic carbocycles. The fourth-order valence-corrected chi connectivity index (χ4v) is 1.98. The van der Waals surface area contributed by atoms with Crippen LogP contribution in [-0.2, 0) is 9.53 Å². The van der Waals surface area contributed by atoms with Crippen LogP contribution in [0.15, 0.2) is 0 Å². The third kappa shape index (κ3) is 4.12. The molecular weight excluding hydrogens is 176 g/mol. The van der Waals surface area contributed by atoms with Crippen LogP contribution in [-0.4, -0.2) is 12.6 Å². The number of hydrogen-bond acceptors (Lipinski definition) is 2. The third-order valence-corrected chi connectivity index (χ3v) is 3.07. The first kappa shape index (κ1) is 11.5. The molecule has 0 aromatic heterocycles. The number of carbonyl (C=O) groups excluding carboxylic acids is 1. The molecule has 0 spiro atoms. The average molecular weight is 198 g/mol. The Labute approximate surface area is 87.0 Å². The lowest BCUT2D eigenvalue weighted by Gasteiger charge is -2.25. The van der Waals surface area contributed by atoms with Gasteiger partial charge in [-0.2, -0.15) is 0 Å². The maximum absolute atomic E-state index is 11.1. The fraction of sp³-hybridized carbons (Fsp3) is 0.917. The lowest BCUT2D eigenvalue weighted by Crippen LogP contribution is -2.19. The summed E-state index contributed by atoms with van der Waals surface area (Å²) in [4.78, 5) is 11.1. The van der Waals surface area contributed by atoms with Gasteiger partial charge in [-0.1, -0.05) is 26.7 Å². The minimum atomic E-state index is -0.0221. The molecule has 0 saturated heterocycles. The average Bonchev–Trinajstić information content (AvgIpc) is 2.17. The first-order chi connectivity index (χ1) is 6.72. The zero-order valence-corrected chi connectivity index (χ0v) is 9.42. The maximum atomic E-state index is 11.1. The van der Waals surface area contributed by atoms with Crippen LogP contribution in [0.4, 0.5) is 0 Å². The molecule has 2 nitrogen and oxygen atoms in total. The van der Waals surface area contributed by atoms with Crippen molar-refractivity contribution in [2.75, 3.05) is 6.61 Å². The number of hydrogen-bond donors (Lipinski definition) is 0. The van der Waals surface area contributed by atoms with Gasteiger partial charge in [0.2, 0.25) is 0 Å². The summed E-state index contributed by atoms with van der Waals surface area (Å²) >= 11 is 0. The molecule has 0 N–H and O–H groups in total. The Morgan fingerprint density at radius 3 is 2.50 bits per heavy atom. The number of ether oxygens (including phenoxy) is 1. The molecule has 1 fully saturated rings. The van der Waals surface area contributed by atoms with Crippen LogP contribution in [0.3, 0.4) is 0 Å². The van der Waals surface area contributed by atoms with Crippen molar-refractivity contribution < 1.29 is 9.53 Å².